The number of hydrogen-bond donors (Lipinski definition) is 0. The first kappa shape index (κ1) is 9.64. The van der Waals surface area contributed by atoms with Crippen molar-refractivity contribution in [1.29, 1.82) is 0 Å². The Morgan fingerprint density at radius 1 is 1.53 bits per heavy atom. The molecule has 15 heavy (non-hydrogen) atoms. The summed E-state index contributed by atoms with van der Waals surface area (Å²) in [5.74, 6) is 0. The van der Waals surface area contributed by atoms with Gasteiger partial charge in [-0.25, -0.2) is 0 Å². The van der Waals surface area contributed by atoms with Crippen LogP contribution >= 0.6 is 0 Å². The highest BCUT2D eigenvalue weighted by Crippen LogP contribution is 2.25. The molecule has 1 aromatic heterocycles. The number of aromatic nitrogens is 1. The molecule has 5 heteroatoms. The molecular formula is C10H10N2O3. The first-order chi connectivity index (χ1) is 7.22. The third kappa shape index (κ3) is 1.68. The first-order valence-corrected chi connectivity index (χ1v) is 4.74. The van der Waals surface area contributed by atoms with Crippen molar-refractivity contribution in [2.24, 2.45) is 0 Å². The van der Waals surface area contributed by atoms with Gasteiger partial charge >= 0.3 is 0 Å². The third-order valence-corrected chi connectivity index (χ3v) is 2.28. The van der Waals surface area contributed by atoms with Gasteiger partial charge in [0, 0.05) is 11.5 Å². The van der Waals surface area contributed by atoms with Gasteiger partial charge in [0.05, 0.1) is 17.2 Å². The Balaban J connectivity index is 2.63. The maximum atomic E-state index is 10.7. The standard InChI is InChI=1S/C10H10N2O3/c1-2-3-7-4-8(12(13)14)5-10-9(7)6-11-15-10/h4-6H,2-3H2,1H3. The second-order valence-electron chi connectivity index (χ2n) is 3.35. The predicted octanol–water partition coefficient (Wildman–Crippen LogP) is 2.69. The Kier molecular flexibility index (Phi) is 2.37. The van der Waals surface area contributed by atoms with Crippen LogP contribution in [0.4, 0.5) is 5.69 Å². The number of aryl methyl sites for hydroxylation is 1. The van der Waals surface area contributed by atoms with E-state index in [9.17, 15) is 10.1 Å². The zero-order valence-corrected chi connectivity index (χ0v) is 8.27. The maximum Gasteiger partial charge on any atom is 0.273 e. The average molecular weight is 206 g/mol. The van der Waals surface area contributed by atoms with Crippen molar-refractivity contribution in [3.8, 4) is 0 Å². The second kappa shape index (κ2) is 3.68. The van der Waals surface area contributed by atoms with E-state index in [-0.39, 0.29) is 5.69 Å². The lowest BCUT2D eigenvalue weighted by Gasteiger charge is -1.99. The van der Waals surface area contributed by atoms with Crippen LogP contribution in [0.3, 0.4) is 0 Å². The fraction of sp³-hybridized carbons (Fsp3) is 0.300. The van der Waals surface area contributed by atoms with Crippen LogP contribution in [0, 0.1) is 10.1 Å². The molecule has 2 aromatic rings. The molecule has 78 valence electrons. The minimum Gasteiger partial charge on any atom is -0.356 e. The fourth-order valence-corrected chi connectivity index (χ4v) is 1.61. The zero-order valence-electron chi connectivity index (χ0n) is 8.27. The molecule has 1 aromatic carbocycles. The lowest BCUT2D eigenvalue weighted by atomic mass is 10.1. The number of fused-ring (bicyclic) bond motifs is 1. The van der Waals surface area contributed by atoms with Crippen LogP contribution in [0.2, 0.25) is 0 Å². The number of non-ortho nitro benzene ring substituents is 1. The number of nitro benzene ring substituents is 1. The van der Waals surface area contributed by atoms with E-state index in [1.54, 1.807) is 12.3 Å². The molecule has 1 heterocycles. The van der Waals surface area contributed by atoms with Crippen molar-refractivity contribution in [3.63, 3.8) is 0 Å². The van der Waals surface area contributed by atoms with Crippen LogP contribution in [0.15, 0.2) is 22.9 Å². The molecule has 0 spiro atoms. The van der Waals surface area contributed by atoms with Crippen LogP contribution in [0.5, 0.6) is 0 Å². The van der Waals surface area contributed by atoms with Crippen LogP contribution in [-0.2, 0) is 6.42 Å². The molecule has 0 radical (unpaired) electrons. The van der Waals surface area contributed by atoms with Gasteiger partial charge in [-0.15, -0.1) is 0 Å². The van der Waals surface area contributed by atoms with E-state index in [0.717, 1.165) is 23.8 Å². The summed E-state index contributed by atoms with van der Waals surface area (Å²) in [5.41, 5.74) is 1.46. The molecule has 0 bridgehead atoms. The lowest BCUT2D eigenvalue weighted by molar-refractivity contribution is -0.384. The Morgan fingerprint density at radius 3 is 3.00 bits per heavy atom. The molecule has 5 nitrogen and oxygen atoms in total. The van der Waals surface area contributed by atoms with E-state index in [4.69, 9.17) is 4.52 Å². The van der Waals surface area contributed by atoms with Gasteiger partial charge in [0.2, 0.25) is 0 Å². The molecule has 0 saturated carbocycles. The summed E-state index contributed by atoms with van der Waals surface area (Å²) >= 11 is 0. The van der Waals surface area contributed by atoms with Gasteiger partial charge in [-0.3, -0.25) is 10.1 Å². The molecule has 0 amide bonds. The lowest BCUT2D eigenvalue weighted by Crippen LogP contribution is -1.91. The van der Waals surface area contributed by atoms with Crippen molar-refractivity contribution < 1.29 is 9.45 Å². The predicted molar refractivity (Wildman–Crippen MR) is 54.7 cm³/mol. The minimum absolute atomic E-state index is 0.0581. The second-order valence-corrected chi connectivity index (χ2v) is 3.35. The van der Waals surface area contributed by atoms with Gasteiger partial charge in [0.25, 0.3) is 5.69 Å². The normalized spacial score (nSPS) is 10.7. The molecular weight excluding hydrogens is 196 g/mol. The highest BCUT2D eigenvalue weighted by Gasteiger charge is 2.13. The molecule has 0 N–H and O–H groups in total. The fourth-order valence-electron chi connectivity index (χ4n) is 1.61. The summed E-state index contributed by atoms with van der Waals surface area (Å²) in [6.07, 6.45) is 3.32. The highest BCUT2D eigenvalue weighted by atomic mass is 16.6. The van der Waals surface area contributed by atoms with E-state index in [0.29, 0.717) is 5.58 Å². The Labute approximate surface area is 85.8 Å². The van der Waals surface area contributed by atoms with Crippen LogP contribution in [-0.4, -0.2) is 10.1 Å². The smallest absolute Gasteiger partial charge is 0.273 e. The van der Waals surface area contributed by atoms with Crippen LogP contribution in [0.25, 0.3) is 11.0 Å². The van der Waals surface area contributed by atoms with E-state index in [1.807, 2.05) is 6.92 Å². The summed E-state index contributed by atoms with van der Waals surface area (Å²) in [4.78, 5) is 10.3. The van der Waals surface area contributed by atoms with E-state index in [1.165, 1.54) is 6.07 Å². The SMILES string of the molecule is CCCc1cc([N+](=O)[O-])cc2oncc12. The maximum absolute atomic E-state index is 10.7. The molecule has 0 aliphatic rings. The summed E-state index contributed by atoms with van der Waals surface area (Å²) < 4.78 is 4.94. The summed E-state index contributed by atoms with van der Waals surface area (Å²) in [6.45, 7) is 2.03. The van der Waals surface area contributed by atoms with Gasteiger partial charge in [-0.2, -0.15) is 0 Å². The molecule has 0 aliphatic carbocycles. The summed E-state index contributed by atoms with van der Waals surface area (Å²) in [7, 11) is 0. The molecule has 0 unspecified atom stereocenters. The van der Waals surface area contributed by atoms with Crippen molar-refractivity contribution in [1.82, 2.24) is 5.16 Å². The van der Waals surface area contributed by atoms with Gasteiger partial charge in [0.15, 0.2) is 5.58 Å². The van der Waals surface area contributed by atoms with Gasteiger partial charge < -0.3 is 4.52 Å². The highest BCUT2D eigenvalue weighted by molar-refractivity contribution is 5.82. The van der Waals surface area contributed by atoms with Crippen molar-refractivity contribution in [2.75, 3.05) is 0 Å². The third-order valence-electron chi connectivity index (χ3n) is 2.28. The topological polar surface area (TPSA) is 69.2 Å². The van der Waals surface area contributed by atoms with E-state index in [2.05, 4.69) is 5.16 Å². The van der Waals surface area contributed by atoms with Gasteiger partial charge in [-0.1, -0.05) is 18.5 Å². The summed E-state index contributed by atoms with van der Waals surface area (Å²) in [5, 5.41) is 15.2. The van der Waals surface area contributed by atoms with Crippen LogP contribution < -0.4 is 0 Å². The number of nitrogens with zero attached hydrogens (tertiary/aromatic N) is 2. The molecule has 0 fully saturated rings. The summed E-state index contributed by atoms with van der Waals surface area (Å²) in [6, 6.07) is 2.99. The zero-order chi connectivity index (χ0) is 10.8. The molecule has 0 aliphatic heterocycles. The quantitative estimate of drug-likeness (QED) is 0.571. The number of hydrogen-bond acceptors (Lipinski definition) is 4. The number of benzene rings is 1. The van der Waals surface area contributed by atoms with Crippen LogP contribution in [0.1, 0.15) is 18.9 Å². The van der Waals surface area contributed by atoms with E-state index >= 15 is 0 Å². The molecule has 0 atom stereocenters. The van der Waals surface area contributed by atoms with Gasteiger partial charge in [0.1, 0.15) is 0 Å². The molecule has 0 saturated heterocycles. The Bertz CT molecular complexity index is 504. The van der Waals surface area contributed by atoms with Crippen molar-refractivity contribution in [3.05, 3.63) is 34.0 Å². The largest absolute Gasteiger partial charge is 0.356 e. The first-order valence-electron chi connectivity index (χ1n) is 4.74. The van der Waals surface area contributed by atoms with Crippen molar-refractivity contribution >= 4 is 16.7 Å². The average Bonchev–Trinajstić information content (AvgIpc) is 2.65. The minimum atomic E-state index is -0.416. The monoisotopic (exact) mass is 206 g/mol. The number of nitro groups is 1. The Hall–Kier alpha value is -1.91. The van der Waals surface area contributed by atoms with Gasteiger partial charge in [-0.05, 0) is 12.0 Å². The Morgan fingerprint density at radius 2 is 2.33 bits per heavy atom. The van der Waals surface area contributed by atoms with Crippen molar-refractivity contribution in [2.45, 2.75) is 19.8 Å². The number of rotatable bonds is 3. The van der Waals surface area contributed by atoms with E-state index < -0.39 is 4.92 Å². The molecule has 2 rings (SSSR count).